The van der Waals surface area contributed by atoms with Gasteiger partial charge in [0.25, 0.3) is 6.43 Å². The summed E-state index contributed by atoms with van der Waals surface area (Å²) in [4.78, 5) is 15.3. The number of halogens is 4. The number of aromatic nitrogens is 1. The molecule has 21 heavy (non-hydrogen) atoms. The Labute approximate surface area is 132 Å². The number of hydrogen-bond acceptors (Lipinski definition) is 4. The molecule has 1 aromatic carbocycles. The van der Waals surface area contributed by atoms with E-state index in [-0.39, 0.29) is 12.5 Å². The predicted molar refractivity (Wildman–Crippen MR) is 75.6 cm³/mol. The number of oxazole rings is 1. The van der Waals surface area contributed by atoms with E-state index < -0.39 is 23.8 Å². The molecule has 0 unspecified atom stereocenters. The Hall–Kier alpha value is -1.47. The number of esters is 1. The topological polar surface area (TPSA) is 52.3 Å². The van der Waals surface area contributed by atoms with Gasteiger partial charge in [0, 0.05) is 10.0 Å². The van der Waals surface area contributed by atoms with Crippen LogP contribution in [0.5, 0.6) is 0 Å². The molecular weight excluding hydrogens is 372 g/mol. The lowest BCUT2D eigenvalue weighted by Crippen LogP contribution is -2.06. The number of rotatable bonds is 4. The van der Waals surface area contributed by atoms with Crippen molar-refractivity contribution in [2.45, 2.75) is 13.3 Å². The SMILES string of the molecule is CCOC(=O)c1oc(-c2ccc(Cl)c(Br)c2)nc1C(F)F. The van der Waals surface area contributed by atoms with Gasteiger partial charge in [-0.1, -0.05) is 11.6 Å². The summed E-state index contributed by atoms with van der Waals surface area (Å²) >= 11 is 9.06. The molecule has 0 spiro atoms. The van der Waals surface area contributed by atoms with Crippen LogP contribution < -0.4 is 0 Å². The Kier molecular flexibility index (Phi) is 4.95. The number of carbonyl (C=O) groups excluding carboxylic acids is 1. The number of nitrogens with zero attached hydrogens (tertiary/aromatic N) is 1. The lowest BCUT2D eigenvalue weighted by molar-refractivity contribution is 0.0476. The van der Waals surface area contributed by atoms with E-state index in [4.69, 9.17) is 16.0 Å². The molecule has 0 aliphatic heterocycles. The van der Waals surface area contributed by atoms with Crippen LogP contribution >= 0.6 is 27.5 Å². The van der Waals surface area contributed by atoms with Crippen molar-refractivity contribution >= 4 is 33.5 Å². The van der Waals surface area contributed by atoms with Crippen molar-refractivity contribution in [1.29, 1.82) is 0 Å². The molecule has 2 rings (SSSR count). The van der Waals surface area contributed by atoms with E-state index in [2.05, 4.69) is 25.7 Å². The molecule has 0 radical (unpaired) electrons. The molecule has 0 fully saturated rings. The van der Waals surface area contributed by atoms with Gasteiger partial charge in [0.2, 0.25) is 11.7 Å². The second-order valence-corrected chi connectivity index (χ2v) is 5.14. The molecule has 0 bridgehead atoms. The molecule has 0 N–H and O–H groups in total. The van der Waals surface area contributed by atoms with Crippen LogP contribution in [0.15, 0.2) is 27.1 Å². The Morgan fingerprint density at radius 2 is 2.24 bits per heavy atom. The minimum atomic E-state index is -2.95. The van der Waals surface area contributed by atoms with Crippen molar-refractivity contribution in [3.63, 3.8) is 0 Å². The average molecular weight is 381 g/mol. The van der Waals surface area contributed by atoms with Gasteiger partial charge in [-0.15, -0.1) is 0 Å². The van der Waals surface area contributed by atoms with E-state index in [1.54, 1.807) is 25.1 Å². The summed E-state index contributed by atoms with van der Waals surface area (Å²) in [6.45, 7) is 1.61. The highest BCUT2D eigenvalue weighted by molar-refractivity contribution is 9.10. The summed E-state index contributed by atoms with van der Waals surface area (Å²) in [5, 5.41) is 0.449. The summed E-state index contributed by atoms with van der Waals surface area (Å²) in [5.74, 6) is -1.67. The maximum Gasteiger partial charge on any atom is 0.376 e. The zero-order valence-electron chi connectivity index (χ0n) is 10.7. The van der Waals surface area contributed by atoms with Crippen LogP contribution in [0.3, 0.4) is 0 Å². The molecule has 112 valence electrons. The minimum absolute atomic E-state index is 0.0457. The van der Waals surface area contributed by atoms with Gasteiger partial charge in [-0.05, 0) is 41.1 Å². The standard InChI is InChI=1S/C13H9BrClF2NO3/c1-2-20-13(19)10-9(11(16)17)18-12(21-10)6-3-4-8(15)7(14)5-6/h3-5,11H,2H2,1H3. The van der Waals surface area contributed by atoms with Gasteiger partial charge in [0.05, 0.1) is 11.6 Å². The summed E-state index contributed by atoms with van der Waals surface area (Å²) < 4.78 is 36.2. The van der Waals surface area contributed by atoms with Gasteiger partial charge in [-0.25, -0.2) is 18.6 Å². The maximum atomic E-state index is 12.9. The molecule has 0 amide bonds. The zero-order valence-corrected chi connectivity index (χ0v) is 13.0. The normalized spacial score (nSPS) is 11.0. The van der Waals surface area contributed by atoms with Crippen LogP contribution in [0.2, 0.25) is 5.02 Å². The highest BCUT2D eigenvalue weighted by Crippen LogP contribution is 2.32. The molecule has 1 heterocycles. The highest BCUT2D eigenvalue weighted by atomic mass is 79.9. The monoisotopic (exact) mass is 379 g/mol. The Morgan fingerprint density at radius 3 is 2.81 bits per heavy atom. The van der Waals surface area contributed by atoms with Crippen LogP contribution in [0, 0.1) is 0 Å². The number of carbonyl (C=O) groups is 1. The Balaban J connectivity index is 2.48. The third kappa shape index (κ3) is 3.41. The first-order valence-corrected chi connectivity index (χ1v) is 7.02. The van der Waals surface area contributed by atoms with Gasteiger partial charge in [0.15, 0.2) is 5.69 Å². The van der Waals surface area contributed by atoms with Crippen LogP contribution in [0.4, 0.5) is 8.78 Å². The van der Waals surface area contributed by atoms with Gasteiger partial charge in [-0.3, -0.25) is 0 Å². The molecule has 1 aromatic heterocycles. The van der Waals surface area contributed by atoms with E-state index in [0.29, 0.717) is 15.1 Å². The molecule has 0 aliphatic carbocycles. The first-order valence-electron chi connectivity index (χ1n) is 5.85. The first-order chi connectivity index (χ1) is 9.93. The average Bonchev–Trinajstić information content (AvgIpc) is 2.87. The number of hydrogen-bond donors (Lipinski definition) is 0. The van der Waals surface area contributed by atoms with Crippen LogP contribution in [-0.2, 0) is 4.74 Å². The van der Waals surface area contributed by atoms with Crippen LogP contribution in [0.25, 0.3) is 11.5 Å². The second-order valence-electron chi connectivity index (χ2n) is 3.88. The zero-order chi connectivity index (χ0) is 15.6. The summed E-state index contributed by atoms with van der Waals surface area (Å²) in [6, 6.07) is 4.65. The number of benzene rings is 1. The molecule has 2 aromatic rings. The molecule has 0 saturated heterocycles. The number of alkyl halides is 2. The van der Waals surface area contributed by atoms with Crippen LogP contribution in [0.1, 0.15) is 29.6 Å². The molecule has 4 nitrogen and oxygen atoms in total. The quantitative estimate of drug-likeness (QED) is 0.710. The summed E-state index contributed by atoms with van der Waals surface area (Å²) in [5.41, 5.74) is -0.335. The molecule has 0 aliphatic rings. The summed E-state index contributed by atoms with van der Waals surface area (Å²) in [7, 11) is 0. The lowest BCUT2D eigenvalue weighted by atomic mass is 10.2. The fourth-order valence-electron chi connectivity index (χ4n) is 1.58. The first kappa shape index (κ1) is 15.9. The Bertz CT molecular complexity index is 675. The van der Waals surface area contributed by atoms with E-state index in [1.807, 2.05) is 0 Å². The van der Waals surface area contributed by atoms with Crippen molar-refractivity contribution in [3.05, 3.63) is 39.1 Å². The number of ether oxygens (including phenoxy) is 1. The smallest absolute Gasteiger partial charge is 0.376 e. The van der Waals surface area contributed by atoms with Gasteiger partial charge in [0.1, 0.15) is 0 Å². The molecule has 8 heteroatoms. The maximum absolute atomic E-state index is 12.9. The molecular formula is C13H9BrClF2NO3. The van der Waals surface area contributed by atoms with E-state index >= 15 is 0 Å². The van der Waals surface area contributed by atoms with Crippen molar-refractivity contribution in [3.8, 4) is 11.5 Å². The molecule has 0 atom stereocenters. The lowest BCUT2D eigenvalue weighted by Gasteiger charge is -1.99. The predicted octanol–water partition coefficient (Wildman–Crippen LogP) is 4.87. The Morgan fingerprint density at radius 1 is 1.52 bits per heavy atom. The van der Waals surface area contributed by atoms with E-state index in [1.165, 1.54) is 0 Å². The van der Waals surface area contributed by atoms with Crippen molar-refractivity contribution in [2.24, 2.45) is 0 Å². The highest BCUT2D eigenvalue weighted by Gasteiger charge is 2.28. The van der Waals surface area contributed by atoms with Gasteiger partial charge >= 0.3 is 5.97 Å². The van der Waals surface area contributed by atoms with E-state index in [0.717, 1.165) is 0 Å². The van der Waals surface area contributed by atoms with Gasteiger partial charge in [-0.2, -0.15) is 0 Å². The van der Waals surface area contributed by atoms with Crippen LogP contribution in [-0.4, -0.2) is 17.6 Å². The van der Waals surface area contributed by atoms with Crippen molar-refractivity contribution in [1.82, 2.24) is 4.98 Å². The van der Waals surface area contributed by atoms with Gasteiger partial charge < -0.3 is 9.15 Å². The fraction of sp³-hybridized carbons (Fsp3) is 0.231. The largest absolute Gasteiger partial charge is 0.460 e. The third-order valence-corrected chi connectivity index (χ3v) is 3.70. The van der Waals surface area contributed by atoms with E-state index in [9.17, 15) is 13.6 Å². The fourth-order valence-corrected chi connectivity index (χ4v) is 2.07. The van der Waals surface area contributed by atoms with Crippen molar-refractivity contribution in [2.75, 3.05) is 6.61 Å². The second kappa shape index (κ2) is 6.53. The summed E-state index contributed by atoms with van der Waals surface area (Å²) in [6.07, 6.45) is -2.95. The van der Waals surface area contributed by atoms with Crippen molar-refractivity contribution < 1.29 is 22.7 Å². The minimum Gasteiger partial charge on any atom is -0.460 e. The molecule has 0 saturated carbocycles. The third-order valence-electron chi connectivity index (χ3n) is 2.49.